The lowest BCUT2D eigenvalue weighted by molar-refractivity contribution is 0.321. The first kappa shape index (κ1) is 13.6. The third-order valence-electron chi connectivity index (χ3n) is 2.38. The number of hydrogen-bond donors (Lipinski definition) is 2. The number of nitrogens with zero attached hydrogens (tertiary/aromatic N) is 1. The summed E-state index contributed by atoms with van der Waals surface area (Å²) >= 11 is 3.27. The molecule has 0 fully saturated rings. The van der Waals surface area contributed by atoms with E-state index in [0.717, 1.165) is 4.47 Å². The molecule has 2 aromatic rings. The Morgan fingerprint density at radius 1 is 1.42 bits per heavy atom. The highest BCUT2D eigenvalue weighted by molar-refractivity contribution is 9.10. The molecule has 1 aromatic carbocycles. The summed E-state index contributed by atoms with van der Waals surface area (Å²) < 4.78 is 19.6. The summed E-state index contributed by atoms with van der Waals surface area (Å²) in [4.78, 5) is 4.12. The molecule has 19 heavy (non-hydrogen) atoms. The minimum atomic E-state index is -0.428. The molecular weight excluding hydrogens is 313 g/mol. The lowest BCUT2D eigenvalue weighted by Crippen LogP contribution is -2.00. The first-order valence-electron chi connectivity index (χ1n) is 5.70. The van der Waals surface area contributed by atoms with Crippen molar-refractivity contribution in [2.75, 3.05) is 17.7 Å². The van der Waals surface area contributed by atoms with Gasteiger partial charge in [0.05, 0.1) is 12.3 Å². The van der Waals surface area contributed by atoms with Gasteiger partial charge in [-0.3, -0.25) is 0 Å². The van der Waals surface area contributed by atoms with Gasteiger partial charge in [0.1, 0.15) is 0 Å². The summed E-state index contributed by atoms with van der Waals surface area (Å²) in [5.41, 5.74) is 6.84. The van der Waals surface area contributed by atoms with Crippen molar-refractivity contribution in [1.82, 2.24) is 4.98 Å². The standard InChI is InChI=1S/C13H13BrFN3O/c1-2-19-12-4-3-9(6-10(12)15)18-13-11(16)5-8(14)7-17-13/h3-7H,2,16H2,1H3,(H,17,18). The summed E-state index contributed by atoms with van der Waals surface area (Å²) in [5, 5.41) is 2.96. The molecule has 0 aliphatic heterocycles. The van der Waals surface area contributed by atoms with E-state index in [1.807, 2.05) is 0 Å². The van der Waals surface area contributed by atoms with Crippen molar-refractivity contribution in [3.05, 3.63) is 40.8 Å². The quantitative estimate of drug-likeness (QED) is 0.899. The Hall–Kier alpha value is -1.82. The Balaban J connectivity index is 2.21. The molecule has 0 radical (unpaired) electrons. The number of benzene rings is 1. The molecule has 0 aliphatic rings. The number of aromatic nitrogens is 1. The number of rotatable bonds is 4. The molecule has 4 nitrogen and oxygen atoms in total. The van der Waals surface area contributed by atoms with Crippen molar-refractivity contribution in [2.45, 2.75) is 6.92 Å². The van der Waals surface area contributed by atoms with E-state index in [4.69, 9.17) is 10.5 Å². The van der Waals surface area contributed by atoms with Crippen LogP contribution in [0.3, 0.4) is 0 Å². The normalized spacial score (nSPS) is 10.3. The van der Waals surface area contributed by atoms with Crippen LogP contribution in [0.1, 0.15) is 6.92 Å². The van der Waals surface area contributed by atoms with Gasteiger partial charge < -0.3 is 15.8 Å². The number of pyridine rings is 1. The Bertz CT molecular complexity index is 592. The number of nitrogens with two attached hydrogens (primary N) is 1. The zero-order valence-electron chi connectivity index (χ0n) is 10.3. The van der Waals surface area contributed by atoms with Gasteiger partial charge in [0.25, 0.3) is 0 Å². The Labute approximate surface area is 118 Å². The van der Waals surface area contributed by atoms with Gasteiger partial charge in [0.15, 0.2) is 17.4 Å². The molecule has 1 heterocycles. The van der Waals surface area contributed by atoms with Crippen LogP contribution in [0.25, 0.3) is 0 Å². The van der Waals surface area contributed by atoms with Crippen LogP contribution in [-0.4, -0.2) is 11.6 Å². The van der Waals surface area contributed by atoms with Crippen LogP contribution in [0.5, 0.6) is 5.75 Å². The highest BCUT2D eigenvalue weighted by Crippen LogP contribution is 2.26. The second-order valence-corrected chi connectivity index (χ2v) is 4.71. The predicted molar refractivity (Wildman–Crippen MR) is 77.2 cm³/mol. The van der Waals surface area contributed by atoms with Crippen LogP contribution in [-0.2, 0) is 0 Å². The van der Waals surface area contributed by atoms with Crippen LogP contribution in [0.15, 0.2) is 34.9 Å². The predicted octanol–water partition coefficient (Wildman–Crippen LogP) is 3.71. The highest BCUT2D eigenvalue weighted by atomic mass is 79.9. The van der Waals surface area contributed by atoms with E-state index in [9.17, 15) is 4.39 Å². The molecule has 0 saturated heterocycles. The summed E-state index contributed by atoms with van der Waals surface area (Å²) in [7, 11) is 0. The number of anilines is 3. The molecule has 0 amide bonds. The van der Waals surface area contributed by atoms with Crippen LogP contribution in [0.4, 0.5) is 21.6 Å². The lowest BCUT2D eigenvalue weighted by atomic mass is 10.2. The van der Waals surface area contributed by atoms with Crippen LogP contribution >= 0.6 is 15.9 Å². The van der Waals surface area contributed by atoms with Crippen LogP contribution in [0, 0.1) is 5.82 Å². The summed E-state index contributed by atoms with van der Waals surface area (Å²) in [5.74, 6) is 0.277. The molecule has 2 rings (SSSR count). The molecule has 0 spiro atoms. The van der Waals surface area contributed by atoms with Gasteiger partial charge in [-0.25, -0.2) is 9.37 Å². The van der Waals surface area contributed by atoms with Crippen molar-refractivity contribution in [3.63, 3.8) is 0 Å². The summed E-state index contributed by atoms with van der Waals surface area (Å²) in [6.07, 6.45) is 1.61. The van der Waals surface area contributed by atoms with Crippen molar-refractivity contribution in [2.24, 2.45) is 0 Å². The maximum atomic E-state index is 13.7. The third kappa shape index (κ3) is 3.35. The Morgan fingerprint density at radius 2 is 2.21 bits per heavy atom. The zero-order chi connectivity index (χ0) is 13.8. The molecule has 3 N–H and O–H groups in total. The second-order valence-electron chi connectivity index (χ2n) is 3.79. The van der Waals surface area contributed by atoms with Gasteiger partial charge in [0.2, 0.25) is 0 Å². The van der Waals surface area contributed by atoms with E-state index < -0.39 is 5.82 Å². The number of nitrogen functional groups attached to an aromatic ring is 1. The second kappa shape index (κ2) is 5.88. The number of ether oxygens (including phenoxy) is 1. The fourth-order valence-electron chi connectivity index (χ4n) is 1.55. The van der Waals surface area contributed by atoms with E-state index >= 15 is 0 Å². The van der Waals surface area contributed by atoms with Gasteiger partial charge >= 0.3 is 0 Å². The summed E-state index contributed by atoms with van der Waals surface area (Å²) in [6, 6.07) is 6.34. The first-order chi connectivity index (χ1) is 9.10. The molecule has 100 valence electrons. The number of hydrogen-bond acceptors (Lipinski definition) is 4. The van der Waals surface area contributed by atoms with Gasteiger partial charge in [-0.05, 0) is 41.1 Å². The van der Waals surface area contributed by atoms with Crippen molar-refractivity contribution in [1.29, 1.82) is 0 Å². The average Bonchev–Trinajstić information content (AvgIpc) is 2.36. The fourth-order valence-corrected chi connectivity index (χ4v) is 1.90. The van der Waals surface area contributed by atoms with E-state index in [2.05, 4.69) is 26.2 Å². The third-order valence-corrected chi connectivity index (χ3v) is 2.81. The maximum Gasteiger partial charge on any atom is 0.167 e. The topological polar surface area (TPSA) is 60.2 Å². The molecular formula is C13H13BrFN3O. The zero-order valence-corrected chi connectivity index (χ0v) is 11.9. The van der Waals surface area contributed by atoms with Crippen LogP contribution < -0.4 is 15.8 Å². The van der Waals surface area contributed by atoms with Crippen molar-refractivity contribution in [3.8, 4) is 5.75 Å². The van der Waals surface area contributed by atoms with E-state index in [0.29, 0.717) is 23.8 Å². The maximum absolute atomic E-state index is 13.7. The lowest BCUT2D eigenvalue weighted by Gasteiger charge is -2.10. The highest BCUT2D eigenvalue weighted by Gasteiger charge is 2.06. The fraction of sp³-hybridized carbons (Fsp3) is 0.154. The Morgan fingerprint density at radius 3 is 2.84 bits per heavy atom. The minimum Gasteiger partial charge on any atom is -0.491 e. The van der Waals surface area contributed by atoms with Gasteiger partial charge in [-0.1, -0.05) is 0 Å². The van der Waals surface area contributed by atoms with Gasteiger partial charge in [-0.2, -0.15) is 0 Å². The van der Waals surface area contributed by atoms with Crippen LogP contribution in [0.2, 0.25) is 0 Å². The molecule has 0 aliphatic carbocycles. The minimum absolute atomic E-state index is 0.227. The molecule has 6 heteroatoms. The summed E-state index contributed by atoms with van der Waals surface area (Å²) in [6.45, 7) is 2.23. The Kier molecular flexibility index (Phi) is 4.21. The van der Waals surface area contributed by atoms with Crippen molar-refractivity contribution < 1.29 is 9.13 Å². The molecule has 0 unspecified atom stereocenters. The molecule has 0 atom stereocenters. The monoisotopic (exact) mass is 325 g/mol. The SMILES string of the molecule is CCOc1ccc(Nc2ncc(Br)cc2N)cc1F. The van der Waals surface area contributed by atoms with E-state index in [1.54, 1.807) is 31.3 Å². The number of nitrogens with one attached hydrogen (secondary N) is 1. The van der Waals surface area contributed by atoms with E-state index in [1.165, 1.54) is 6.07 Å². The van der Waals surface area contributed by atoms with Gasteiger partial charge in [0, 0.05) is 22.4 Å². The average molecular weight is 326 g/mol. The molecule has 0 bridgehead atoms. The largest absolute Gasteiger partial charge is 0.491 e. The number of halogens is 2. The first-order valence-corrected chi connectivity index (χ1v) is 6.50. The van der Waals surface area contributed by atoms with Crippen molar-refractivity contribution >= 4 is 33.1 Å². The smallest absolute Gasteiger partial charge is 0.167 e. The molecule has 0 saturated carbocycles. The van der Waals surface area contributed by atoms with Gasteiger partial charge in [-0.15, -0.1) is 0 Å². The van der Waals surface area contributed by atoms with E-state index in [-0.39, 0.29) is 5.75 Å². The molecule has 1 aromatic heterocycles.